The lowest BCUT2D eigenvalue weighted by atomic mass is 10.1. The Morgan fingerprint density at radius 3 is 2.79 bits per heavy atom. The average Bonchev–Trinajstić information content (AvgIpc) is 2.84. The van der Waals surface area contributed by atoms with Crippen LogP contribution in [-0.4, -0.2) is 12.6 Å². The SMILES string of the molecule is CCOc1cccc(C2CC2N)c1.Cl. The highest BCUT2D eigenvalue weighted by molar-refractivity contribution is 5.85. The maximum atomic E-state index is 5.78. The van der Waals surface area contributed by atoms with Crippen LogP contribution in [0.25, 0.3) is 0 Å². The maximum Gasteiger partial charge on any atom is 0.119 e. The average molecular weight is 214 g/mol. The minimum atomic E-state index is 0. The third-order valence-corrected chi connectivity index (χ3v) is 2.44. The van der Waals surface area contributed by atoms with Crippen LogP contribution in [0.3, 0.4) is 0 Å². The highest BCUT2D eigenvalue weighted by Gasteiger charge is 2.34. The van der Waals surface area contributed by atoms with E-state index in [0.717, 1.165) is 18.8 Å². The van der Waals surface area contributed by atoms with E-state index in [2.05, 4.69) is 12.1 Å². The second kappa shape index (κ2) is 4.67. The van der Waals surface area contributed by atoms with E-state index in [1.165, 1.54) is 5.56 Å². The molecule has 2 atom stereocenters. The Kier molecular flexibility index (Phi) is 3.78. The fraction of sp³-hybridized carbons (Fsp3) is 0.455. The van der Waals surface area contributed by atoms with Crippen LogP contribution in [0.4, 0.5) is 0 Å². The molecule has 0 saturated heterocycles. The molecule has 1 saturated carbocycles. The molecule has 0 aromatic heterocycles. The normalized spacial score (nSPS) is 23.9. The van der Waals surface area contributed by atoms with Crippen molar-refractivity contribution in [1.29, 1.82) is 0 Å². The van der Waals surface area contributed by atoms with E-state index in [-0.39, 0.29) is 12.4 Å². The van der Waals surface area contributed by atoms with Crippen LogP contribution >= 0.6 is 12.4 Å². The van der Waals surface area contributed by atoms with E-state index < -0.39 is 0 Å². The number of hydrogen-bond donors (Lipinski definition) is 1. The first-order valence-electron chi connectivity index (χ1n) is 4.79. The van der Waals surface area contributed by atoms with E-state index in [4.69, 9.17) is 10.5 Å². The van der Waals surface area contributed by atoms with Crippen LogP contribution in [0.2, 0.25) is 0 Å². The Labute approximate surface area is 90.9 Å². The number of halogens is 1. The molecule has 1 aromatic rings. The maximum absolute atomic E-state index is 5.78. The fourth-order valence-corrected chi connectivity index (χ4v) is 1.60. The monoisotopic (exact) mass is 213 g/mol. The van der Waals surface area contributed by atoms with Crippen LogP contribution in [0.1, 0.15) is 24.8 Å². The first-order valence-corrected chi connectivity index (χ1v) is 4.79. The van der Waals surface area contributed by atoms with Gasteiger partial charge in [-0.25, -0.2) is 0 Å². The molecule has 0 radical (unpaired) electrons. The molecule has 2 N–H and O–H groups in total. The molecule has 0 aliphatic heterocycles. The van der Waals surface area contributed by atoms with Crippen molar-refractivity contribution in [2.45, 2.75) is 25.3 Å². The van der Waals surface area contributed by atoms with Gasteiger partial charge in [0.1, 0.15) is 5.75 Å². The molecular formula is C11H16ClNO. The quantitative estimate of drug-likeness (QED) is 0.837. The molecule has 14 heavy (non-hydrogen) atoms. The minimum Gasteiger partial charge on any atom is -0.494 e. The van der Waals surface area contributed by atoms with Gasteiger partial charge < -0.3 is 10.5 Å². The molecule has 0 heterocycles. The summed E-state index contributed by atoms with van der Waals surface area (Å²) >= 11 is 0. The van der Waals surface area contributed by atoms with Gasteiger partial charge in [0.05, 0.1) is 6.61 Å². The van der Waals surface area contributed by atoms with Crippen LogP contribution in [0, 0.1) is 0 Å². The second-order valence-electron chi connectivity index (χ2n) is 3.51. The van der Waals surface area contributed by atoms with Crippen LogP contribution in [0.5, 0.6) is 5.75 Å². The molecule has 3 heteroatoms. The lowest BCUT2D eigenvalue weighted by Gasteiger charge is -2.04. The van der Waals surface area contributed by atoms with Gasteiger partial charge >= 0.3 is 0 Å². The Morgan fingerprint density at radius 2 is 2.21 bits per heavy atom. The summed E-state index contributed by atoms with van der Waals surface area (Å²) in [6.45, 7) is 2.72. The van der Waals surface area contributed by atoms with Gasteiger partial charge in [-0.3, -0.25) is 0 Å². The lowest BCUT2D eigenvalue weighted by Crippen LogP contribution is -2.01. The van der Waals surface area contributed by atoms with Crippen molar-refractivity contribution in [3.63, 3.8) is 0 Å². The number of ether oxygens (including phenoxy) is 1. The summed E-state index contributed by atoms with van der Waals surface area (Å²) in [5, 5.41) is 0. The van der Waals surface area contributed by atoms with Gasteiger partial charge in [-0.15, -0.1) is 12.4 Å². The summed E-state index contributed by atoms with van der Waals surface area (Å²) in [5.74, 6) is 1.53. The molecule has 1 aromatic carbocycles. The zero-order valence-corrected chi connectivity index (χ0v) is 9.09. The summed E-state index contributed by atoms with van der Waals surface area (Å²) in [6, 6.07) is 8.62. The van der Waals surface area contributed by atoms with Crippen molar-refractivity contribution in [1.82, 2.24) is 0 Å². The van der Waals surface area contributed by atoms with Crippen molar-refractivity contribution < 1.29 is 4.74 Å². The highest BCUT2D eigenvalue weighted by atomic mass is 35.5. The second-order valence-corrected chi connectivity index (χ2v) is 3.51. The summed E-state index contributed by atoms with van der Waals surface area (Å²) in [5.41, 5.74) is 7.10. The minimum absolute atomic E-state index is 0. The van der Waals surface area contributed by atoms with Gasteiger partial charge in [0, 0.05) is 12.0 Å². The molecule has 1 fully saturated rings. The fourth-order valence-electron chi connectivity index (χ4n) is 1.60. The molecule has 2 unspecified atom stereocenters. The van der Waals surface area contributed by atoms with Crippen molar-refractivity contribution in [2.75, 3.05) is 6.61 Å². The summed E-state index contributed by atoms with van der Waals surface area (Å²) in [6.07, 6.45) is 1.12. The Balaban J connectivity index is 0.000000980. The van der Waals surface area contributed by atoms with Crippen molar-refractivity contribution in [2.24, 2.45) is 5.73 Å². The van der Waals surface area contributed by atoms with Gasteiger partial charge in [0.2, 0.25) is 0 Å². The predicted octanol–water partition coefficient (Wildman–Crippen LogP) is 2.32. The van der Waals surface area contributed by atoms with Gasteiger partial charge in [-0.2, -0.15) is 0 Å². The Morgan fingerprint density at radius 1 is 1.50 bits per heavy atom. The molecule has 1 aliphatic rings. The van der Waals surface area contributed by atoms with Crippen molar-refractivity contribution in [3.8, 4) is 5.75 Å². The van der Waals surface area contributed by atoms with Gasteiger partial charge in [0.15, 0.2) is 0 Å². The smallest absolute Gasteiger partial charge is 0.119 e. The largest absolute Gasteiger partial charge is 0.494 e. The van der Waals surface area contributed by atoms with Crippen LogP contribution < -0.4 is 10.5 Å². The Bertz CT molecular complexity index is 303. The third kappa shape index (κ3) is 2.40. The zero-order chi connectivity index (χ0) is 9.26. The van der Waals surface area contributed by atoms with Gasteiger partial charge in [0.25, 0.3) is 0 Å². The summed E-state index contributed by atoms with van der Waals surface area (Å²) in [7, 11) is 0. The molecule has 0 bridgehead atoms. The molecule has 2 rings (SSSR count). The van der Waals surface area contributed by atoms with E-state index in [1.807, 2.05) is 19.1 Å². The molecule has 0 spiro atoms. The van der Waals surface area contributed by atoms with Gasteiger partial charge in [-0.05, 0) is 31.0 Å². The van der Waals surface area contributed by atoms with Crippen molar-refractivity contribution in [3.05, 3.63) is 29.8 Å². The molecule has 78 valence electrons. The van der Waals surface area contributed by atoms with Crippen LogP contribution in [-0.2, 0) is 0 Å². The molecule has 1 aliphatic carbocycles. The zero-order valence-electron chi connectivity index (χ0n) is 8.27. The van der Waals surface area contributed by atoms with E-state index >= 15 is 0 Å². The number of benzene rings is 1. The summed E-state index contributed by atoms with van der Waals surface area (Å²) in [4.78, 5) is 0. The van der Waals surface area contributed by atoms with Crippen LogP contribution in [0.15, 0.2) is 24.3 Å². The van der Waals surface area contributed by atoms with E-state index in [0.29, 0.717) is 12.0 Å². The summed E-state index contributed by atoms with van der Waals surface area (Å²) < 4.78 is 5.42. The standard InChI is InChI=1S/C11H15NO.ClH/c1-2-13-9-5-3-4-8(6-9)10-7-11(10)12;/h3-6,10-11H,2,7,12H2,1H3;1H. The number of hydrogen-bond acceptors (Lipinski definition) is 2. The highest BCUT2D eigenvalue weighted by Crippen LogP contribution is 2.39. The van der Waals surface area contributed by atoms with Gasteiger partial charge in [-0.1, -0.05) is 12.1 Å². The lowest BCUT2D eigenvalue weighted by molar-refractivity contribution is 0.340. The predicted molar refractivity (Wildman–Crippen MR) is 60.2 cm³/mol. The first-order chi connectivity index (χ1) is 6.31. The Hall–Kier alpha value is -0.730. The van der Waals surface area contributed by atoms with E-state index in [9.17, 15) is 0 Å². The molecular weight excluding hydrogens is 198 g/mol. The number of rotatable bonds is 3. The van der Waals surface area contributed by atoms with Crippen molar-refractivity contribution >= 4 is 12.4 Å². The topological polar surface area (TPSA) is 35.2 Å². The van der Waals surface area contributed by atoms with E-state index in [1.54, 1.807) is 0 Å². The molecule has 2 nitrogen and oxygen atoms in total. The number of nitrogens with two attached hydrogens (primary N) is 1. The molecule has 0 amide bonds. The first kappa shape index (κ1) is 11.3. The third-order valence-electron chi connectivity index (χ3n) is 2.44.